The number of nitrogens with zero attached hydrogens (tertiary/aromatic N) is 3. The third-order valence-electron chi connectivity index (χ3n) is 2.71. The van der Waals surface area contributed by atoms with Gasteiger partial charge in [0, 0.05) is 29.2 Å². The van der Waals surface area contributed by atoms with E-state index in [2.05, 4.69) is 15.0 Å². The number of rotatable bonds is 2. The summed E-state index contributed by atoms with van der Waals surface area (Å²) < 4.78 is 0. The summed E-state index contributed by atoms with van der Waals surface area (Å²) in [7, 11) is 0. The van der Waals surface area contributed by atoms with Crippen molar-refractivity contribution in [2.45, 2.75) is 0 Å². The quantitative estimate of drug-likeness (QED) is 0.708. The second-order valence-corrected chi connectivity index (χ2v) is 4.41. The van der Waals surface area contributed by atoms with Crippen LogP contribution in [0.15, 0.2) is 61.1 Å². The Bertz CT molecular complexity index is 699. The van der Waals surface area contributed by atoms with Gasteiger partial charge in [-0.1, -0.05) is 17.7 Å². The maximum absolute atomic E-state index is 6.01. The Kier molecular flexibility index (Phi) is 3.21. The number of hydrogen-bond acceptors (Lipinski definition) is 3. The summed E-state index contributed by atoms with van der Waals surface area (Å²) in [6, 6.07) is 13.2. The fraction of sp³-hybridized carbons (Fsp3) is 0. The Morgan fingerprint density at radius 3 is 2.37 bits per heavy atom. The van der Waals surface area contributed by atoms with Gasteiger partial charge in [-0.05, 0) is 36.4 Å². The lowest BCUT2D eigenvalue weighted by molar-refractivity contribution is 1.23. The molecular weight excluding hydrogens is 258 g/mol. The minimum atomic E-state index is 0.641. The molecule has 0 N–H and O–H groups in total. The Balaban J connectivity index is 2.18. The third-order valence-corrected chi connectivity index (χ3v) is 2.95. The first-order valence-electron chi connectivity index (χ1n) is 5.83. The average molecular weight is 268 g/mol. The molecule has 0 radical (unpaired) electrons. The highest BCUT2D eigenvalue weighted by atomic mass is 35.5. The zero-order valence-electron chi connectivity index (χ0n) is 9.99. The van der Waals surface area contributed by atoms with Gasteiger partial charge in [-0.2, -0.15) is 0 Å². The van der Waals surface area contributed by atoms with Crippen molar-refractivity contribution >= 4 is 11.6 Å². The second kappa shape index (κ2) is 5.16. The third kappa shape index (κ3) is 2.46. The molecule has 0 aliphatic carbocycles. The second-order valence-electron chi connectivity index (χ2n) is 3.97. The maximum Gasteiger partial charge on any atom is 0.0980 e. The van der Waals surface area contributed by atoms with Crippen LogP contribution >= 0.6 is 11.6 Å². The molecule has 3 aromatic rings. The van der Waals surface area contributed by atoms with Crippen molar-refractivity contribution in [3.63, 3.8) is 0 Å². The summed E-state index contributed by atoms with van der Waals surface area (Å²) >= 11 is 6.01. The molecule has 3 heterocycles. The van der Waals surface area contributed by atoms with Crippen molar-refractivity contribution in [1.29, 1.82) is 0 Å². The largest absolute Gasteiger partial charge is 0.256 e. The summed E-state index contributed by atoms with van der Waals surface area (Å²) in [4.78, 5) is 13.1. The van der Waals surface area contributed by atoms with E-state index in [4.69, 9.17) is 11.6 Å². The summed E-state index contributed by atoms with van der Waals surface area (Å²) in [6.45, 7) is 0. The van der Waals surface area contributed by atoms with Gasteiger partial charge in [0.25, 0.3) is 0 Å². The van der Waals surface area contributed by atoms with Gasteiger partial charge in [-0.25, -0.2) is 0 Å². The highest BCUT2D eigenvalue weighted by molar-refractivity contribution is 6.30. The smallest absolute Gasteiger partial charge is 0.0980 e. The molecule has 0 unspecified atom stereocenters. The van der Waals surface area contributed by atoms with Crippen LogP contribution in [0.2, 0.25) is 5.02 Å². The Labute approximate surface area is 116 Å². The predicted molar refractivity (Wildman–Crippen MR) is 75.7 cm³/mol. The van der Waals surface area contributed by atoms with E-state index in [1.807, 2.05) is 30.3 Å². The molecule has 4 heteroatoms. The summed E-state index contributed by atoms with van der Waals surface area (Å²) in [5.41, 5.74) is 3.34. The van der Waals surface area contributed by atoms with Gasteiger partial charge >= 0.3 is 0 Å². The van der Waals surface area contributed by atoms with Gasteiger partial charge in [0.1, 0.15) is 0 Å². The van der Waals surface area contributed by atoms with E-state index in [1.165, 1.54) is 0 Å². The van der Waals surface area contributed by atoms with Crippen molar-refractivity contribution in [2.24, 2.45) is 0 Å². The zero-order valence-corrected chi connectivity index (χ0v) is 10.7. The van der Waals surface area contributed by atoms with Gasteiger partial charge in [0.2, 0.25) is 0 Å². The van der Waals surface area contributed by atoms with E-state index in [1.54, 1.807) is 30.7 Å². The van der Waals surface area contributed by atoms with Crippen LogP contribution in [0.5, 0.6) is 0 Å². The van der Waals surface area contributed by atoms with E-state index >= 15 is 0 Å². The lowest BCUT2D eigenvalue weighted by atomic mass is 10.1. The van der Waals surface area contributed by atoms with Crippen molar-refractivity contribution in [2.75, 3.05) is 0 Å². The molecule has 0 atom stereocenters. The topological polar surface area (TPSA) is 38.7 Å². The molecule has 3 aromatic heterocycles. The minimum Gasteiger partial charge on any atom is -0.256 e. The van der Waals surface area contributed by atoms with Gasteiger partial charge in [-0.3, -0.25) is 15.0 Å². The van der Waals surface area contributed by atoms with E-state index < -0.39 is 0 Å². The molecule has 0 saturated heterocycles. The van der Waals surface area contributed by atoms with E-state index in [9.17, 15) is 0 Å². The van der Waals surface area contributed by atoms with Crippen LogP contribution in [0.25, 0.3) is 22.6 Å². The van der Waals surface area contributed by atoms with Gasteiger partial charge in [0.15, 0.2) is 0 Å². The lowest BCUT2D eigenvalue weighted by Crippen LogP contribution is -1.92. The first-order chi connectivity index (χ1) is 9.34. The van der Waals surface area contributed by atoms with Crippen LogP contribution in [0, 0.1) is 0 Å². The molecular formula is C15H10ClN3. The summed E-state index contributed by atoms with van der Waals surface area (Å²) in [6.07, 6.45) is 5.18. The Morgan fingerprint density at radius 1 is 0.737 bits per heavy atom. The molecule has 0 aliphatic heterocycles. The molecule has 0 saturated carbocycles. The van der Waals surface area contributed by atoms with Crippen LogP contribution in [0.1, 0.15) is 0 Å². The molecule has 0 aliphatic rings. The molecule has 0 spiro atoms. The normalized spacial score (nSPS) is 10.4. The number of hydrogen-bond donors (Lipinski definition) is 0. The number of pyridine rings is 3. The zero-order chi connectivity index (χ0) is 13.1. The average Bonchev–Trinajstić information content (AvgIpc) is 2.48. The fourth-order valence-electron chi connectivity index (χ4n) is 1.87. The van der Waals surface area contributed by atoms with Crippen LogP contribution in [0.4, 0.5) is 0 Å². The van der Waals surface area contributed by atoms with Gasteiger partial charge in [0.05, 0.1) is 17.1 Å². The molecule has 3 rings (SSSR count). The predicted octanol–water partition coefficient (Wildman–Crippen LogP) is 3.86. The molecule has 19 heavy (non-hydrogen) atoms. The first-order valence-corrected chi connectivity index (χ1v) is 6.21. The minimum absolute atomic E-state index is 0.641. The Hall–Kier alpha value is -2.26. The number of aromatic nitrogens is 3. The first kappa shape index (κ1) is 11.8. The molecule has 0 bridgehead atoms. The van der Waals surface area contributed by atoms with Crippen molar-refractivity contribution in [3.05, 3.63) is 66.1 Å². The summed E-state index contributed by atoms with van der Waals surface area (Å²) in [5, 5.41) is 0.641. The van der Waals surface area contributed by atoms with Gasteiger partial charge < -0.3 is 0 Å². The molecule has 0 aromatic carbocycles. The Morgan fingerprint density at radius 2 is 1.58 bits per heavy atom. The monoisotopic (exact) mass is 267 g/mol. The maximum atomic E-state index is 6.01. The van der Waals surface area contributed by atoms with Gasteiger partial charge in [-0.15, -0.1) is 0 Å². The highest BCUT2D eigenvalue weighted by Crippen LogP contribution is 2.28. The molecule has 92 valence electrons. The molecule has 0 fully saturated rings. The fourth-order valence-corrected chi connectivity index (χ4v) is 2.03. The van der Waals surface area contributed by atoms with E-state index in [-0.39, 0.29) is 0 Å². The SMILES string of the molecule is Clc1ccnc(-c2ncccc2-c2ccccn2)c1. The van der Waals surface area contributed by atoms with Crippen LogP contribution in [0.3, 0.4) is 0 Å². The van der Waals surface area contributed by atoms with Crippen LogP contribution in [-0.4, -0.2) is 15.0 Å². The lowest BCUT2D eigenvalue weighted by Gasteiger charge is -2.07. The van der Waals surface area contributed by atoms with E-state index in [0.29, 0.717) is 5.02 Å². The van der Waals surface area contributed by atoms with Crippen LogP contribution < -0.4 is 0 Å². The number of halogens is 1. The van der Waals surface area contributed by atoms with Crippen molar-refractivity contribution in [3.8, 4) is 22.6 Å². The molecule has 3 nitrogen and oxygen atoms in total. The van der Waals surface area contributed by atoms with Crippen molar-refractivity contribution < 1.29 is 0 Å². The summed E-state index contributed by atoms with van der Waals surface area (Å²) in [5.74, 6) is 0. The highest BCUT2D eigenvalue weighted by Gasteiger charge is 2.10. The van der Waals surface area contributed by atoms with E-state index in [0.717, 1.165) is 22.6 Å². The van der Waals surface area contributed by atoms with Crippen LogP contribution in [-0.2, 0) is 0 Å². The van der Waals surface area contributed by atoms with Crippen molar-refractivity contribution in [1.82, 2.24) is 15.0 Å². The standard InChI is InChI=1S/C15H10ClN3/c16-11-6-9-18-14(10-11)15-12(4-3-8-19-15)13-5-1-2-7-17-13/h1-10H. The molecule has 0 amide bonds.